The largest absolute Gasteiger partial charge is 0.394 e. The molecule has 0 aromatic rings. The highest BCUT2D eigenvalue weighted by atomic mass is 16.7. The van der Waals surface area contributed by atoms with Crippen molar-refractivity contribution in [3.05, 3.63) is 0 Å². The summed E-state index contributed by atoms with van der Waals surface area (Å²) in [5.41, 5.74) is 0. The predicted molar refractivity (Wildman–Crippen MR) is 314 cm³/mol. The molecule has 7 atom stereocenters. The first-order valence-electron chi connectivity index (χ1n) is 33.2. The summed E-state index contributed by atoms with van der Waals surface area (Å²) in [4.78, 5) is 13.1. The Balaban J connectivity index is 1.96. The Kier molecular flexibility index (Phi) is 53.4. The number of unbranched alkanes of at least 4 members (excludes halogenated alkanes) is 49. The van der Waals surface area contributed by atoms with Gasteiger partial charge in [-0.05, 0) is 12.8 Å². The van der Waals surface area contributed by atoms with Crippen molar-refractivity contribution < 1.29 is 39.8 Å². The van der Waals surface area contributed by atoms with Crippen LogP contribution < -0.4 is 5.32 Å². The van der Waals surface area contributed by atoms with Gasteiger partial charge in [-0.2, -0.15) is 0 Å². The van der Waals surface area contributed by atoms with E-state index in [-0.39, 0.29) is 12.5 Å². The van der Waals surface area contributed by atoms with Crippen molar-refractivity contribution in [3.63, 3.8) is 0 Å². The average molecular weight is 1050 g/mol. The molecular weight excluding hydrogens is 923 g/mol. The lowest BCUT2D eigenvalue weighted by Gasteiger charge is -2.40. The zero-order valence-electron chi connectivity index (χ0n) is 49.4. The van der Waals surface area contributed by atoms with Crippen LogP contribution in [-0.2, 0) is 14.3 Å². The Bertz CT molecular complexity index is 1130. The van der Waals surface area contributed by atoms with Crippen molar-refractivity contribution in [2.24, 2.45) is 0 Å². The standard InChI is InChI=1S/C65H129NO8/c1-3-5-7-9-11-13-15-16-17-18-19-20-21-22-23-24-25-26-27-28-29-30-31-32-33-34-35-36-37-38-39-40-41-42-43-45-47-49-51-53-55-61(69)66-58(57-73-65-64(72)63(71)62(70)60(56-67)74-65)59(68)54-52-50-48-46-44-14-12-10-8-6-4-2/h58-60,62-65,67-68,70-72H,3-57H2,1-2H3,(H,66,69). The third-order valence-electron chi connectivity index (χ3n) is 16.5. The minimum atomic E-state index is -1.55. The van der Waals surface area contributed by atoms with E-state index in [1.54, 1.807) is 0 Å². The van der Waals surface area contributed by atoms with Crippen molar-refractivity contribution in [1.82, 2.24) is 5.32 Å². The minimum Gasteiger partial charge on any atom is -0.394 e. The van der Waals surface area contributed by atoms with Gasteiger partial charge in [-0.25, -0.2) is 0 Å². The number of carbonyl (C=O) groups excluding carboxylic acids is 1. The molecule has 7 unspecified atom stereocenters. The van der Waals surface area contributed by atoms with Crippen molar-refractivity contribution in [2.75, 3.05) is 13.2 Å². The zero-order valence-corrected chi connectivity index (χ0v) is 49.4. The molecule has 0 aliphatic carbocycles. The lowest BCUT2D eigenvalue weighted by Crippen LogP contribution is -2.60. The van der Waals surface area contributed by atoms with E-state index in [4.69, 9.17) is 9.47 Å². The first kappa shape index (κ1) is 71.2. The number of nitrogens with one attached hydrogen (secondary N) is 1. The molecule has 0 aromatic carbocycles. The van der Waals surface area contributed by atoms with Gasteiger partial charge in [0.15, 0.2) is 6.29 Å². The van der Waals surface area contributed by atoms with Crippen LogP contribution in [0.5, 0.6) is 0 Å². The van der Waals surface area contributed by atoms with Crippen LogP contribution in [-0.4, -0.2) is 87.5 Å². The summed E-state index contributed by atoms with van der Waals surface area (Å²) in [6, 6.07) is -0.712. The molecule has 9 nitrogen and oxygen atoms in total. The molecule has 1 heterocycles. The van der Waals surface area contributed by atoms with Gasteiger partial charge in [-0.1, -0.05) is 335 Å². The van der Waals surface area contributed by atoms with Crippen LogP contribution in [0.3, 0.4) is 0 Å². The molecule has 1 saturated heterocycles. The number of hydrogen-bond acceptors (Lipinski definition) is 8. The fourth-order valence-electron chi connectivity index (χ4n) is 11.2. The number of carbonyl (C=O) groups is 1. The van der Waals surface area contributed by atoms with Crippen molar-refractivity contribution >= 4 is 5.91 Å². The molecule has 0 saturated carbocycles. The van der Waals surface area contributed by atoms with Crippen LogP contribution in [0.25, 0.3) is 0 Å². The van der Waals surface area contributed by atoms with Crippen LogP contribution in [0.1, 0.15) is 354 Å². The summed E-state index contributed by atoms with van der Waals surface area (Å²) < 4.78 is 11.3. The van der Waals surface area contributed by atoms with Gasteiger partial charge in [0.25, 0.3) is 0 Å². The third kappa shape index (κ3) is 44.1. The monoisotopic (exact) mass is 1050 g/mol. The van der Waals surface area contributed by atoms with Gasteiger partial charge < -0.3 is 40.3 Å². The SMILES string of the molecule is CCCCCCCCCCCCCCCCCCCCCCCCCCCCCCCCCCCCCCCCCCC(=O)NC(COC1OC(CO)C(O)C(O)C1O)C(O)CCCCCCCCCCCCC. The maximum Gasteiger partial charge on any atom is 0.220 e. The van der Waals surface area contributed by atoms with Gasteiger partial charge in [0.2, 0.25) is 5.91 Å². The van der Waals surface area contributed by atoms with Crippen molar-refractivity contribution in [1.29, 1.82) is 0 Å². The second kappa shape index (κ2) is 55.5. The number of hydrogen-bond donors (Lipinski definition) is 6. The van der Waals surface area contributed by atoms with Crippen LogP contribution in [0, 0.1) is 0 Å². The summed E-state index contributed by atoms with van der Waals surface area (Å²) in [6.45, 7) is 3.87. The Morgan fingerprint density at radius 3 is 0.959 bits per heavy atom. The fraction of sp³-hybridized carbons (Fsp3) is 0.985. The number of ether oxygens (including phenoxy) is 2. The molecule has 1 aliphatic rings. The second-order valence-electron chi connectivity index (χ2n) is 23.6. The van der Waals surface area contributed by atoms with E-state index >= 15 is 0 Å². The average Bonchev–Trinajstić information content (AvgIpc) is 3.40. The highest BCUT2D eigenvalue weighted by Gasteiger charge is 2.44. The first-order valence-corrected chi connectivity index (χ1v) is 33.2. The van der Waals surface area contributed by atoms with Gasteiger partial charge in [-0.3, -0.25) is 4.79 Å². The van der Waals surface area contributed by atoms with E-state index in [1.165, 1.54) is 289 Å². The Morgan fingerprint density at radius 1 is 0.405 bits per heavy atom. The normalized spacial score (nSPS) is 18.8. The van der Waals surface area contributed by atoms with Gasteiger partial charge in [0, 0.05) is 6.42 Å². The zero-order chi connectivity index (χ0) is 53.6. The number of rotatable bonds is 59. The lowest BCUT2D eigenvalue weighted by molar-refractivity contribution is -0.302. The van der Waals surface area contributed by atoms with Crippen molar-refractivity contribution in [3.8, 4) is 0 Å². The molecule has 0 radical (unpaired) electrons. The molecule has 9 heteroatoms. The first-order chi connectivity index (χ1) is 36.3. The summed E-state index contributed by atoms with van der Waals surface area (Å²) in [7, 11) is 0. The molecule has 0 bridgehead atoms. The van der Waals surface area contributed by atoms with Crippen LogP contribution in [0.4, 0.5) is 0 Å². The van der Waals surface area contributed by atoms with Crippen molar-refractivity contribution in [2.45, 2.75) is 397 Å². The number of aliphatic hydroxyl groups excluding tert-OH is 5. The molecule has 1 fully saturated rings. The van der Waals surface area contributed by atoms with Gasteiger partial charge >= 0.3 is 0 Å². The molecule has 1 rings (SSSR count). The summed E-state index contributed by atoms with van der Waals surface area (Å²) >= 11 is 0. The van der Waals surface area contributed by atoms with Crippen LogP contribution in [0.15, 0.2) is 0 Å². The highest BCUT2D eigenvalue weighted by molar-refractivity contribution is 5.76. The Morgan fingerprint density at radius 2 is 0.676 bits per heavy atom. The third-order valence-corrected chi connectivity index (χ3v) is 16.5. The number of amides is 1. The van der Waals surface area contributed by atoms with Crippen LogP contribution >= 0.6 is 0 Å². The van der Waals surface area contributed by atoms with E-state index in [0.717, 1.165) is 38.5 Å². The summed E-state index contributed by atoms with van der Waals surface area (Å²) in [5.74, 6) is -0.137. The van der Waals surface area contributed by atoms with Gasteiger partial charge in [0.05, 0.1) is 25.4 Å². The molecule has 442 valence electrons. The molecule has 74 heavy (non-hydrogen) atoms. The fourth-order valence-corrected chi connectivity index (χ4v) is 11.2. The van der Waals surface area contributed by atoms with Gasteiger partial charge in [0.1, 0.15) is 24.4 Å². The van der Waals surface area contributed by atoms with E-state index in [1.807, 2.05) is 0 Å². The smallest absolute Gasteiger partial charge is 0.220 e. The Labute approximate surface area is 459 Å². The maximum absolute atomic E-state index is 13.1. The quantitative estimate of drug-likeness (QED) is 0.0330. The van der Waals surface area contributed by atoms with E-state index in [9.17, 15) is 30.3 Å². The summed E-state index contributed by atoms with van der Waals surface area (Å²) in [5, 5.41) is 54.6. The molecule has 1 aliphatic heterocycles. The second-order valence-corrected chi connectivity index (χ2v) is 23.6. The van der Waals surface area contributed by atoms with E-state index in [2.05, 4.69) is 19.2 Å². The molecule has 6 N–H and O–H groups in total. The van der Waals surface area contributed by atoms with Crippen LogP contribution in [0.2, 0.25) is 0 Å². The minimum absolute atomic E-state index is 0.132. The molecular formula is C65H129NO8. The maximum atomic E-state index is 13.1. The topological polar surface area (TPSA) is 149 Å². The number of aliphatic hydroxyl groups is 5. The predicted octanol–water partition coefficient (Wildman–Crippen LogP) is 17.4. The molecule has 0 spiro atoms. The van der Waals surface area contributed by atoms with E-state index < -0.39 is 49.5 Å². The van der Waals surface area contributed by atoms with Gasteiger partial charge in [-0.15, -0.1) is 0 Å². The van der Waals surface area contributed by atoms with E-state index in [0.29, 0.717) is 12.8 Å². The summed E-state index contributed by atoms with van der Waals surface area (Å²) in [6.07, 6.45) is 62.1. The molecule has 1 amide bonds. The lowest BCUT2D eigenvalue weighted by atomic mass is 9.99. The highest BCUT2D eigenvalue weighted by Crippen LogP contribution is 2.24. The molecule has 0 aromatic heterocycles. The Hall–Kier alpha value is -0.810.